The van der Waals surface area contributed by atoms with E-state index in [-0.39, 0.29) is 11.4 Å². The Kier molecular flexibility index (Phi) is 5.58. The van der Waals surface area contributed by atoms with Gasteiger partial charge in [-0.2, -0.15) is 0 Å². The summed E-state index contributed by atoms with van der Waals surface area (Å²) < 4.78 is 10.5. The van der Waals surface area contributed by atoms with Gasteiger partial charge in [-0.15, -0.1) is 0 Å². The van der Waals surface area contributed by atoms with Gasteiger partial charge >= 0.3 is 0 Å². The predicted octanol–water partition coefficient (Wildman–Crippen LogP) is -0.105. The van der Waals surface area contributed by atoms with Crippen LogP contribution in [0.4, 0.5) is 0 Å². The highest BCUT2D eigenvalue weighted by Crippen LogP contribution is 2.37. The average Bonchev–Trinajstić information content (AvgIpc) is 2.92. The fraction of sp³-hybridized carbons (Fsp3) is 0.474. The molecule has 26 heavy (non-hydrogen) atoms. The molecule has 7 nitrogen and oxygen atoms in total. The van der Waals surface area contributed by atoms with Crippen LogP contribution in [0.2, 0.25) is 0 Å². The molecule has 1 atom stereocenters. The number of benzene rings is 1. The summed E-state index contributed by atoms with van der Waals surface area (Å²) in [6.45, 7) is 5.82. The topological polar surface area (TPSA) is 80.5 Å². The van der Waals surface area contributed by atoms with E-state index < -0.39 is 17.7 Å². The fourth-order valence-electron chi connectivity index (χ4n) is 3.57. The Morgan fingerprint density at radius 1 is 1.31 bits per heavy atom. The number of methoxy groups -OCH3 is 1. The molecule has 0 saturated carbocycles. The van der Waals surface area contributed by atoms with Gasteiger partial charge in [0.05, 0.1) is 45.0 Å². The number of nitrogens with one attached hydrogen (secondary N) is 1. The maximum Gasteiger partial charge on any atom is 0.290 e. The number of nitrogens with zero attached hydrogens (tertiary/aromatic N) is 1. The number of ketones is 1. The zero-order chi connectivity index (χ0) is 18.7. The average molecular weight is 361 g/mol. The molecule has 1 saturated heterocycles. The molecular formula is C19H25N2O5+. The Morgan fingerprint density at radius 3 is 2.54 bits per heavy atom. The van der Waals surface area contributed by atoms with Crippen LogP contribution in [-0.4, -0.2) is 68.2 Å². The van der Waals surface area contributed by atoms with Crippen molar-refractivity contribution in [3.05, 3.63) is 41.2 Å². The van der Waals surface area contributed by atoms with Crippen molar-refractivity contribution in [2.75, 3.05) is 46.5 Å². The van der Waals surface area contributed by atoms with Crippen LogP contribution >= 0.6 is 0 Å². The summed E-state index contributed by atoms with van der Waals surface area (Å²) in [5, 5.41) is 10.3. The molecule has 2 aliphatic rings. The van der Waals surface area contributed by atoms with Crippen molar-refractivity contribution in [1.82, 2.24) is 4.90 Å². The highest BCUT2D eigenvalue weighted by Gasteiger charge is 2.42. The molecule has 0 radical (unpaired) electrons. The number of aliphatic hydroxyl groups is 1. The fourth-order valence-corrected chi connectivity index (χ4v) is 3.57. The first-order valence-corrected chi connectivity index (χ1v) is 8.83. The molecule has 0 bridgehead atoms. The number of hydrogen-bond acceptors (Lipinski definition) is 5. The lowest BCUT2D eigenvalue weighted by Gasteiger charge is -2.30. The molecule has 1 aromatic rings. The van der Waals surface area contributed by atoms with Gasteiger partial charge in [0.15, 0.2) is 11.5 Å². The zero-order valence-corrected chi connectivity index (χ0v) is 15.2. The first kappa shape index (κ1) is 18.4. The van der Waals surface area contributed by atoms with E-state index in [1.165, 1.54) is 11.8 Å². The molecule has 2 N–H and O–H groups in total. The van der Waals surface area contributed by atoms with Crippen LogP contribution in [0, 0.1) is 0 Å². The minimum absolute atomic E-state index is 0.164. The minimum atomic E-state index is -0.564. The predicted molar refractivity (Wildman–Crippen MR) is 94.2 cm³/mol. The first-order chi connectivity index (χ1) is 12.5. The maximum atomic E-state index is 12.6. The second kappa shape index (κ2) is 7.88. The minimum Gasteiger partial charge on any atom is -0.503 e. The Morgan fingerprint density at radius 2 is 1.96 bits per heavy atom. The number of morpholine rings is 1. The summed E-state index contributed by atoms with van der Waals surface area (Å²) in [6.07, 6.45) is 0. The standard InChI is InChI=1S/C19H24N2O5/c1-13(22)16-17(14-3-5-15(25-2)6-4-14)21(19(24)18(16)23)8-7-20-9-11-26-12-10-20/h3-6,17,23H,7-12H2,1-2H3/p+1. The lowest BCUT2D eigenvalue weighted by Crippen LogP contribution is -3.14. The summed E-state index contributed by atoms with van der Waals surface area (Å²) in [5.41, 5.74) is 0.947. The van der Waals surface area contributed by atoms with E-state index >= 15 is 0 Å². The van der Waals surface area contributed by atoms with Crippen LogP contribution in [0.3, 0.4) is 0 Å². The molecule has 0 spiro atoms. The normalized spacial score (nSPS) is 21.4. The number of quaternary nitrogens is 1. The van der Waals surface area contributed by atoms with Crippen molar-refractivity contribution >= 4 is 11.7 Å². The molecule has 3 rings (SSSR count). The third kappa shape index (κ3) is 3.59. The largest absolute Gasteiger partial charge is 0.503 e. The molecule has 1 aromatic carbocycles. The summed E-state index contributed by atoms with van der Waals surface area (Å²) >= 11 is 0. The highest BCUT2D eigenvalue weighted by molar-refractivity contribution is 6.08. The Hall–Kier alpha value is -2.38. The molecule has 2 aliphatic heterocycles. The van der Waals surface area contributed by atoms with Crippen molar-refractivity contribution < 1.29 is 29.1 Å². The van der Waals surface area contributed by atoms with E-state index in [1.807, 2.05) is 12.1 Å². The van der Waals surface area contributed by atoms with Gasteiger partial charge in [0.2, 0.25) is 0 Å². The number of carbonyl (C=O) groups excluding carboxylic acids is 2. The number of amides is 1. The molecule has 0 aromatic heterocycles. The molecule has 1 amide bonds. The summed E-state index contributed by atoms with van der Waals surface area (Å²) in [6, 6.07) is 6.67. The van der Waals surface area contributed by atoms with Gasteiger partial charge < -0.3 is 24.4 Å². The SMILES string of the molecule is COc1ccc(C2C(C(C)=O)=C(O)C(=O)N2CC[NH+]2CCOCC2)cc1. The van der Waals surface area contributed by atoms with Crippen LogP contribution < -0.4 is 9.64 Å². The van der Waals surface area contributed by atoms with Crippen molar-refractivity contribution in [2.24, 2.45) is 0 Å². The van der Waals surface area contributed by atoms with Crippen molar-refractivity contribution in [2.45, 2.75) is 13.0 Å². The molecule has 2 heterocycles. The maximum absolute atomic E-state index is 12.6. The summed E-state index contributed by atoms with van der Waals surface area (Å²) in [4.78, 5) is 27.7. The molecule has 140 valence electrons. The van der Waals surface area contributed by atoms with Gasteiger partial charge in [-0.25, -0.2) is 0 Å². The number of rotatable bonds is 6. The van der Waals surface area contributed by atoms with Crippen LogP contribution in [-0.2, 0) is 14.3 Å². The zero-order valence-electron chi connectivity index (χ0n) is 15.2. The highest BCUT2D eigenvalue weighted by atomic mass is 16.5. The van der Waals surface area contributed by atoms with Gasteiger partial charge in [0, 0.05) is 0 Å². The van der Waals surface area contributed by atoms with E-state index in [0.29, 0.717) is 25.5 Å². The first-order valence-electron chi connectivity index (χ1n) is 8.83. The number of aliphatic hydroxyl groups excluding tert-OH is 1. The van der Waals surface area contributed by atoms with E-state index in [4.69, 9.17) is 9.47 Å². The second-order valence-corrected chi connectivity index (χ2v) is 6.61. The van der Waals surface area contributed by atoms with E-state index in [9.17, 15) is 14.7 Å². The summed E-state index contributed by atoms with van der Waals surface area (Å²) in [5.74, 6) is -0.517. The smallest absolute Gasteiger partial charge is 0.290 e. The van der Waals surface area contributed by atoms with Gasteiger partial charge in [-0.05, 0) is 24.6 Å². The quantitative estimate of drug-likeness (QED) is 0.739. The van der Waals surface area contributed by atoms with Gasteiger partial charge in [0.1, 0.15) is 18.8 Å². The number of hydrogen-bond donors (Lipinski definition) is 2. The lowest BCUT2D eigenvalue weighted by atomic mass is 9.96. The van der Waals surface area contributed by atoms with Crippen LogP contribution in [0.25, 0.3) is 0 Å². The third-order valence-electron chi connectivity index (χ3n) is 5.02. The van der Waals surface area contributed by atoms with E-state index in [2.05, 4.69) is 0 Å². The third-order valence-corrected chi connectivity index (χ3v) is 5.02. The molecule has 0 aliphatic carbocycles. The lowest BCUT2D eigenvalue weighted by molar-refractivity contribution is -0.907. The van der Waals surface area contributed by atoms with Crippen molar-refractivity contribution in [3.8, 4) is 5.75 Å². The van der Waals surface area contributed by atoms with Crippen LogP contribution in [0.5, 0.6) is 5.75 Å². The number of Topliss-reactive ketones (excluding diaryl/α,β-unsaturated/α-hetero) is 1. The molecular weight excluding hydrogens is 336 g/mol. The van der Waals surface area contributed by atoms with E-state index in [0.717, 1.165) is 25.2 Å². The monoisotopic (exact) mass is 361 g/mol. The molecule has 7 heteroatoms. The Labute approximate surface area is 152 Å². The Bertz CT molecular complexity index is 707. The van der Waals surface area contributed by atoms with Crippen molar-refractivity contribution in [3.63, 3.8) is 0 Å². The van der Waals surface area contributed by atoms with Gasteiger partial charge in [0.25, 0.3) is 5.91 Å². The second-order valence-electron chi connectivity index (χ2n) is 6.61. The number of carbonyl (C=O) groups is 2. The Balaban J connectivity index is 1.85. The van der Waals surface area contributed by atoms with Gasteiger partial charge in [-0.1, -0.05) is 12.1 Å². The van der Waals surface area contributed by atoms with Gasteiger partial charge in [-0.3, -0.25) is 9.59 Å². The van der Waals surface area contributed by atoms with Crippen LogP contribution in [0.1, 0.15) is 18.5 Å². The number of ether oxygens (including phenoxy) is 2. The van der Waals surface area contributed by atoms with Crippen LogP contribution in [0.15, 0.2) is 35.6 Å². The van der Waals surface area contributed by atoms with Crippen molar-refractivity contribution in [1.29, 1.82) is 0 Å². The summed E-state index contributed by atoms with van der Waals surface area (Å²) in [7, 11) is 1.58. The molecule has 1 fully saturated rings. The van der Waals surface area contributed by atoms with E-state index in [1.54, 1.807) is 24.1 Å². The molecule has 1 unspecified atom stereocenters.